The summed E-state index contributed by atoms with van der Waals surface area (Å²) >= 11 is 5.88. The number of rotatable bonds is 4. The van der Waals surface area contributed by atoms with Crippen LogP contribution in [0.4, 0.5) is 0 Å². The maximum absolute atomic E-state index is 9.80. The van der Waals surface area contributed by atoms with Gasteiger partial charge in [0.15, 0.2) is 0 Å². The van der Waals surface area contributed by atoms with E-state index in [0.29, 0.717) is 17.6 Å². The van der Waals surface area contributed by atoms with Gasteiger partial charge in [-0.1, -0.05) is 36.6 Å². The van der Waals surface area contributed by atoms with Crippen LogP contribution in [0.5, 0.6) is 5.75 Å². The van der Waals surface area contributed by atoms with Crippen LogP contribution in [-0.4, -0.2) is 11.1 Å². The molecule has 0 saturated heterocycles. The van der Waals surface area contributed by atoms with Gasteiger partial charge in [0.1, 0.15) is 5.75 Å². The SMILES string of the molecule is C[C@H](NCc1cccc(Cl)c1O)C1CCCC1. The maximum Gasteiger partial charge on any atom is 0.138 e. The number of para-hydroxylation sites is 1. The largest absolute Gasteiger partial charge is 0.506 e. The minimum Gasteiger partial charge on any atom is -0.506 e. The number of halogens is 1. The fourth-order valence-corrected chi connectivity index (χ4v) is 2.79. The first kappa shape index (κ1) is 12.7. The Morgan fingerprint density at radius 2 is 2.12 bits per heavy atom. The molecule has 1 saturated carbocycles. The summed E-state index contributed by atoms with van der Waals surface area (Å²) in [5.41, 5.74) is 0.877. The smallest absolute Gasteiger partial charge is 0.138 e. The van der Waals surface area contributed by atoms with Crippen LogP contribution in [0, 0.1) is 5.92 Å². The summed E-state index contributed by atoms with van der Waals surface area (Å²) in [6.07, 6.45) is 5.38. The van der Waals surface area contributed by atoms with E-state index >= 15 is 0 Å². The molecule has 2 N–H and O–H groups in total. The lowest BCUT2D eigenvalue weighted by Gasteiger charge is -2.20. The number of phenolic OH excluding ortho intramolecular Hbond substituents is 1. The van der Waals surface area contributed by atoms with Crippen LogP contribution in [-0.2, 0) is 6.54 Å². The van der Waals surface area contributed by atoms with E-state index in [-0.39, 0.29) is 5.75 Å². The van der Waals surface area contributed by atoms with Crippen molar-refractivity contribution in [1.29, 1.82) is 0 Å². The van der Waals surface area contributed by atoms with Crippen molar-refractivity contribution in [3.05, 3.63) is 28.8 Å². The fourth-order valence-electron chi connectivity index (χ4n) is 2.60. The van der Waals surface area contributed by atoms with Gasteiger partial charge in [0.05, 0.1) is 5.02 Å². The van der Waals surface area contributed by atoms with E-state index in [1.165, 1.54) is 25.7 Å². The van der Waals surface area contributed by atoms with Gasteiger partial charge in [-0.3, -0.25) is 0 Å². The van der Waals surface area contributed by atoms with Crippen LogP contribution in [0.1, 0.15) is 38.2 Å². The standard InChI is InChI=1S/C14H20ClNO/c1-10(11-5-2-3-6-11)16-9-12-7-4-8-13(15)14(12)17/h4,7-8,10-11,16-17H,2-3,5-6,9H2,1H3/t10-/m0/s1. The van der Waals surface area contributed by atoms with Crippen molar-refractivity contribution in [3.8, 4) is 5.75 Å². The van der Waals surface area contributed by atoms with E-state index in [1.54, 1.807) is 6.07 Å². The molecule has 1 aromatic rings. The molecule has 0 spiro atoms. The van der Waals surface area contributed by atoms with E-state index in [1.807, 2.05) is 12.1 Å². The van der Waals surface area contributed by atoms with Gasteiger partial charge < -0.3 is 10.4 Å². The van der Waals surface area contributed by atoms with Crippen LogP contribution in [0.25, 0.3) is 0 Å². The zero-order valence-electron chi connectivity index (χ0n) is 10.2. The summed E-state index contributed by atoms with van der Waals surface area (Å²) in [5, 5.41) is 13.7. The molecule has 0 unspecified atom stereocenters. The first-order chi connectivity index (χ1) is 8.18. The van der Waals surface area contributed by atoms with Crippen LogP contribution < -0.4 is 5.32 Å². The molecule has 0 aliphatic heterocycles. The lowest BCUT2D eigenvalue weighted by molar-refractivity contribution is 0.376. The Hall–Kier alpha value is -0.730. The second-order valence-corrected chi connectivity index (χ2v) is 5.37. The first-order valence-electron chi connectivity index (χ1n) is 6.38. The number of phenols is 1. The van der Waals surface area contributed by atoms with Gasteiger partial charge in [0.2, 0.25) is 0 Å². The van der Waals surface area contributed by atoms with Gasteiger partial charge in [-0.25, -0.2) is 0 Å². The van der Waals surface area contributed by atoms with Crippen molar-refractivity contribution >= 4 is 11.6 Å². The number of benzene rings is 1. The summed E-state index contributed by atoms with van der Waals surface area (Å²) < 4.78 is 0. The van der Waals surface area contributed by atoms with Gasteiger partial charge in [0.25, 0.3) is 0 Å². The Bertz CT molecular complexity index is 374. The summed E-state index contributed by atoms with van der Waals surface area (Å²) in [6, 6.07) is 6.01. The predicted molar refractivity (Wildman–Crippen MR) is 71.4 cm³/mol. The Morgan fingerprint density at radius 3 is 2.82 bits per heavy atom. The number of aromatic hydroxyl groups is 1. The van der Waals surface area contributed by atoms with Crippen LogP contribution >= 0.6 is 11.6 Å². The van der Waals surface area contributed by atoms with Crippen LogP contribution in [0.2, 0.25) is 5.02 Å². The molecule has 0 bridgehead atoms. The van der Waals surface area contributed by atoms with Crippen molar-refractivity contribution in [2.75, 3.05) is 0 Å². The molecule has 1 aliphatic carbocycles. The van der Waals surface area contributed by atoms with Gasteiger partial charge in [-0.2, -0.15) is 0 Å². The van der Waals surface area contributed by atoms with E-state index in [2.05, 4.69) is 12.2 Å². The Balaban J connectivity index is 1.90. The van der Waals surface area contributed by atoms with Crippen molar-refractivity contribution in [2.45, 2.75) is 45.2 Å². The molecule has 0 aromatic heterocycles. The molecule has 0 radical (unpaired) electrons. The molecule has 1 atom stereocenters. The van der Waals surface area contributed by atoms with Crippen molar-refractivity contribution in [2.24, 2.45) is 5.92 Å². The average Bonchev–Trinajstić information content (AvgIpc) is 2.84. The normalized spacial score (nSPS) is 18.5. The second kappa shape index (κ2) is 5.74. The Labute approximate surface area is 108 Å². The fraction of sp³-hybridized carbons (Fsp3) is 0.571. The molecule has 1 fully saturated rings. The molecular formula is C14H20ClNO. The highest BCUT2D eigenvalue weighted by atomic mass is 35.5. The maximum atomic E-state index is 9.80. The third-order valence-electron chi connectivity index (χ3n) is 3.79. The van der Waals surface area contributed by atoms with Crippen molar-refractivity contribution in [1.82, 2.24) is 5.32 Å². The Kier molecular flexibility index (Phi) is 4.30. The molecule has 1 aromatic carbocycles. The molecule has 0 amide bonds. The van der Waals surface area contributed by atoms with E-state index < -0.39 is 0 Å². The molecule has 0 heterocycles. The molecule has 94 valence electrons. The summed E-state index contributed by atoms with van der Waals surface area (Å²) in [5.74, 6) is 0.997. The lowest BCUT2D eigenvalue weighted by Crippen LogP contribution is -2.31. The topological polar surface area (TPSA) is 32.3 Å². The Morgan fingerprint density at radius 1 is 1.41 bits per heavy atom. The zero-order chi connectivity index (χ0) is 12.3. The molecule has 2 rings (SSSR count). The van der Waals surface area contributed by atoms with Crippen molar-refractivity contribution in [3.63, 3.8) is 0 Å². The number of hydrogen-bond acceptors (Lipinski definition) is 2. The highest BCUT2D eigenvalue weighted by molar-refractivity contribution is 6.32. The monoisotopic (exact) mass is 253 g/mol. The van der Waals surface area contributed by atoms with Gasteiger partial charge in [-0.15, -0.1) is 0 Å². The van der Waals surface area contributed by atoms with E-state index in [9.17, 15) is 5.11 Å². The highest BCUT2D eigenvalue weighted by Gasteiger charge is 2.21. The third kappa shape index (κ3) is 3.14. The lowest BCUT2D eigenvalue weighted by atomic mass is 9.99. The molecule has 2 nitrogen and oxygen atoms in total. The number of nitrogens with one attached hydrogen (secondary N) is 1. The van der Waals surface area contributed by atoms with Gasteiger partial charge in [-0.05, 0) is 31.7 Å². The quantitative estimate of drug-likeness (QED) is 0.857. The molecule has 1 aliphatic rings. The molecule has 17 heavy (non-hydrogen) atoms. The highest BCUT2D eigenvalue weighted by Crippen LogP contribution is 2.29. The summed E-state index contributed by atoms with van der Waals surface area (Å²) in [4.78, 5) is 0. The summed E-state index contributed by atoms with van der Waals surface area (Å²) in [7, 11) is 0. The summed E-state index contributed by atoms with van der Waals surface area (Å²) in [6.45, 7) is 2.92. The zero-order valence-corrected chi connectivity index (χ0v) is 11.0. The van der Waals surface area contributed by atoms with Gasteiger partial charge >= 0.3 is 0 Å². The third-order valence-corrected chi connectivity index (χ3v) is 4.10. The van der Waals surface area contributed by atoms with Gasteiger partial charge in [0, 0.05) is 18.2 Å². The second-order valence-electron chi connectivity index (χ2n) is 4.96. The van der Waals surface area contributed by atoms with Crippen LogP contribution in [0.3, 0.4) is 0 Å². The predicted octanol–water partition coefficient (Wildman–Crippen LogP) is 3.71. The average molecular weight is 254 g/mol. The molecule has 3 heteroatoms. The van der Waals surface area contributed by atoms with E-state index in [0.717, 1.165) is 11.5 Å². The van der Waals surface area contributed by atoms with Crippen molar-refractivity contribution < 1.29 is 5.11 Å². The van der Waals surface area contributed by atoms with Crippen LogP contribution in [0.15, 0.2) is 18.2 Å². The first-order valence-corrected chi connectivity index (χ1v) is 6.76. The minimum atomic E-state index is 0.209. The molecular weight excluding hydrogens is 234 g/mol. The number of hydrogen-bond donors (Lipinski definition) is 2. The van der Waals surface area contributed by atoms with E-state index in [4.69, 9.17) is 11.6 Å². The minimum absolute atomic E-state index is 0.209.